The number of hydrogen-bond acceptors (Lipinski definition) is 4. The molecule has 4 nitrogen and oxygen atoms in total. The van der Waals surface area contributed by atoms with Crippen LogP contribution in [0.15, 0.2) is 46.0 Å². The van der Waals surface area contributed by atoms with E-state index in [0.717, 1.165) is 16.9 Å². The summed E-state index contributed by atoms with van der Waals surface area (Å²) < 4.78 is 28.2. The fourth-order valence-corrected chi connectivity index (χ4v) is 3.36. The van der Waals surface area contributed by atoms with E-state index in [1.807, 2.05) is 30.3 Å². The molecule has 96 valence electrons. The lowest BCUT2D eigenvalue weighted by atomic mass is 10.2. The van der Waals surface area contributed by atoms with E-state index < -0.39 is 10.0 Å². The van der Waals surface area contributed by atoms with Crippen molar-refractivity contribution < 1.29 is 13.2 Å². The summed E-state index contributed by atoms with van der Waals surface area (Å²) in [6, 6.07) is 11.4. The molecule has 2 rings (SSSR count). The van der Waals surface area contributed by atoms with Crippen molar-refractivity contribution in [3.8, 4) is 0 Å². The van der Waals surface area contributed by atoms with Crippen molar-refractivity contribution in [2.75, 3.05) is 0 Å². The van der Waals surface area contributed by atoms with Gasteiger partial charge in [0.25, 0.3) is 0 Å². The second-order valence-corrected chi connectivity index (χ2v) is 6.43. The van der Waals surface area contributed by atoms with E-state index in [-0.39, 0.29) is 10.8 Å². The van der Waals surface area contributed by atoms with Crippen LogP contribution in [-0.4, -0.2) is 8.42 Å². The van der Waals surface area contributed by atoms with Crippen molar-refractivity contribution in [1.29, 1.82) is 0 Å². The number of hydrogen-bond donors (Lipinski definition) is 1. The van der Waals surface area contributed by atoms with E-state index in [4.69, 9.17) is 9.88 Å². The van der Waals surface area contributed by atoms with Gasteiger partial charge in [-0.15, -0.1) is 11.3 Å². The number of thiophene rings is 1. The monoisotopic (exact) mass is 283 g/mol. The molecule has 0 saturated carbocycles. The fraction of sp³-hybridized carbons (Fsp3) is 0.167. The van der Waals surface area contributed by atoms with Gasteiger partial charge in [0.15, 0.2) is 0 Å². The van der Waals surface area contributed by atoms with Gasteiger partial charge in [-0.05, 0) is 17.0 Å². The first-order valence-electron chi connectivity index (χ1n) is 5.28. The predicted octanol–water partition coefficient (Wildman–Crippen LogP) is 2.11. The van der Waals surface area contributed by atoms with Crippen molar-refractivity contribution in [2.45, 2.75) is 17.4 Å². The third-order valence-corrected chi connectivity index (χ3v) is 4.85. The molecule has 0 saturated heterocycles. The van der Waals surface area contributed by atoms with Gasteiger partial charge >= 0.3 is 0 Å². The lowest BCUT2D eigenvalue weighted by molar-refractivity contribution is 0.106. The number of benzene rings is 1. The highest BCUT2D eigenvalue weighted by molar-refractivity contribution is 7.91. The van der Waals surface area contributed by atoms with Crippen LogP contribution in [0.3, 0.4) is 0 Å². The second kappa shape index (κ2) is 5.62. The minimum atomic E-state index is -3.65. The molecule has 0 aliphatic carbocycles. The van der Waals surface area contributed by atoms with Crippen molar-refractivity contribution in [3.05, 3.63) is 52.9 Å². The minimum Gasteiger partial charge on any atom is -0.372 e. The molecule has 1 aromatic carbocycles. The summed E-state index contributed by atoms with van der Waals surface area (Å²) in [4.78, 5) is 0. The quantitative estimate of drug-likeness (QED) is 0.913. The average molecular weight is 283 g/mol. The van der Waals surface area contributed by atoms with Crippen LogP contribution in [0.4, 0.5) is 0 Å². The number of ether oxygens (including phenoxy) is 1. The maximum Gasteiger partial charge on any atom is 0.247 e. The third-order valence-electron chi connectivity index (χ3n) is 2.33. The first-order valence-corrected chi connectivity index (χ1v) is 7.71. The Morgan fingerprint density at radius 2 is 1.83 bits per heavy atom. The van der Waals surface area contributed by atoms with Gasteiger partial charge in [-0.25, -0.2) is 13.6 Å². The third kappa shape index (κ3) is 3.39. The topological polar surface area (TPSA) is 69.4 Å². The van der Waals surface area contributed by atoms with Gasteiger partial charge in [-0.1, -0.05) is 30.3 Å². The molecule has 1 heterocycles. The van der Waals surface area contributed by atoms with Gasteiger partial charge in [0.2, 0.25) is 10.0 Å². The zero-order chi connectivity index (χ0) is 13.0. The summed E-state index contributed by atoms with van der Waals surface area (Å²) in [6.45, 7) is 0.685. The smallest absolute Gasteiger partial charge is 0.247 e. The maximum absolute atomic E-state index is 11.3. The lowest BCUT2D eigenvalue weighted by Crippen LogP contribution is -2.12. The van der Waals surface area contributed by atoms with E-state index in [9.17, 15) is 8.42 Å². The Kier molecular flexibility index (Phi) is 4.13. The van der Waals surface area contributed by atoms with E-state index in [0.29, 0.717) is 12.2 Å². The molecule has 0 bridgehead atoms. The summed E-state index contributed by atoms with van der Waals surface area (Å²) in [7, 11) is -3.65. The number of sulfonamides is 1. The molecule has 0 atom stereocenters. The molecule has 2 N–H and O–H groups in total. The molecule has 0 aliphatic rings. The second-order valence-electron chi connectivity index (χ2n) is 3.76. The highest BCUT2D eigenvalue weighted by Gasteiger charge is 2.15. The highest BCUT2D eigenvalue weighted by Crippen LogP contribution is 2.22. The molecule has 2 aromatic rings. The average Bonchev–Trinajstić information content (AvgIpc) is 2.78. The summed E-state index contributed by atoms with van der Waals surface area (Å²) >= 11 is 1.11. The van der Waals surface area contributed by atoms with Gasteiger partial charge in [-0.2, -0.15) is 0 Å². The first kappa shape index (κ1) is 13.2. The molecular formula is C12H13NO3S2. The summed E-state index contributed by atoms with van der Waals surface area (Å²) in [5.41, 5.74) is 1.66. The van der Waals surface area contributed by atoms with Crippen LogP contribution < -0.4 is 5.14 Å². The van der Waals surface area contributed by atoms with Crippen molar-refractivity contribution in [3.63, 3.8) is 0 Å². The van der Waals surface area contributed by atoms with Crippen molar-refractivity contribution in [2.24, 2.45) is 5.14 Å². The van der Waals surface area contributed by atoms with E-state index in [2.05, 4.69) is 0 Å². The van der Waals surface area contributed by atoms with Gasteiger partial charge in [0.05, 0.1) is 13.2 Å². The SMILES string of the molecule is NS(=O)(=O)c1sccc1COCc1ccccc1. The molecule has 18 heavy (non-hydrogen) atoms. The largest absolute Gasteiger partial charge is 0.372 e. The van der Waals surface area contributed by atoms with Gasteiger partial charge in [-0.3, -0.25) is 0 Å². The molecule has 0 amide bonds. The summed E-state index contributed by atoms with van der Waals surface area (Å²) in [5, 5.41) is 6.81. The minimum absolute atomic E-state index is 0.176. The van der Waals surface area contributed by atoms with Crippen LogP contribution in [0, 0.1) is 0 Å². The molecule has 6 heteroatoms. The number of rotatable bonds is 5. The van der Waals surface area contributed by atoms with Crippen molar-refractivity contribution in [1.82, 2.24) is 0 Å². The van der Waals surface area contributed by atoms with Crippen LogP contribution in [0.25, 0.3) is 0 Å². The zero-order valence-electron chi connectivity index (χ0n) is 9.57. The Morgan fingerprint density at radius 3 is 2.50 bits per heavy atom. The van der Waals surface area contributed by atoms with Crippen LogP contribution in [0.2, 0.25) is 0 Å². The molecule has 1 aromatic heterocycles. The standard InChI is InChI=1S/C12H13NO3S2/c13-18(14,15)12-11(6-7-17-12)9-16-8-10-4-2-1-3-5-10/h1-7H,8-9H2,(H2,13,14,15). The molecule has 0 aliphatic heterocycles. The van der Waals surface area contributed by atoms with Gasteiger partial charge < -0.3 is 4.74 Å². The van der Waals surface area contributed by atoms with Crippen molar-refractivity contribution >= 4 is 21.4 Å². The Bertz CT molecular complexity index is 605. The summed E-state index contributed by atoms with van der Waals surface area (Å²) in [6.07, 6.45) is 0. The van der Waals surface area contributed by atoms with Crippen LogP contribution >= 0.6 is 11.3 Å². The normalized spacial score (nSPS) is 11.6. The zero-order valence-corrected chi connectivity index (χ0v) is 11.2. The molecule has 0 spiro atoms. The van der Waals surface area contributed by atoms with E-state index >= 15 is 0 Å². The molecular weight excluding hydrogens is 270 g/mol. The maximum atomic E-state index is 11.3. The fourth-order valence-electron chi connectivity index (χ4n) is 1.53. The van der Waals surface area contributed by atoms with Gasteiger partial charge in [0.1, 0.15) is 4.21 Å². The van der Waals surface area contributed by atoms with E-state index in [1.165, 1.54) is 0 Å². The summed E-state index contributed by atoms with van der Waals surface area (Å²) in [5.74, 6) is 0. The van der Waals surface area contributed by atoms with E-state index in [1.54, 1.807) is 11.4 Å². The van der Waals surface area contributed by atoms with Crippen LogP contribution in [-0.2, 0) is 28.0 Å². The lowest BCUT2D eigenvalue weighted by Gasteiger charge is -2.04. The Labute approximate surface area is 110 Å². The Balaban J connectivity index is 1.98. The van der Waals surface area contributed by atoms with Crippen LogP contribution in [0.5, 0.6) is 0 Å². The Hall–Kier alpha value is -1.21. The molecule has 0 fully saturated rings. The predicted molar refractivity (Wildman–Crippen MR) is 70.6 cm³/mol. The number of primary sulfonamides is 1. The van der Waals surface area contributed by atoms with Crippen LogP contribution in [0.1, 0.15) is 11.1 Å². The van der Waals surface area contributed by atoms with Gasteiger partial charge in [0, 0.05) is 5.56 Å². The first-order chi connectivity index (χ1) is 8.57. The highest BCUT2D eigenvalue weighted by atomic mass is 32.2. The number of nitrogens with two attached hydrogens (primary N) is 1. The molecule has 0 unspecified atom stereocenters. The Morgan fingerprint density at radius 1 is 1.11 bits per heavy atom. The molecule has 0 radical (unpaired) electrons.